The first-order valence-corrected chi connectivity index (χ1v) is 6.12. The van der Waals surface area contributed by atoms with Crippen LogP contribution in [0.2, 0.25) is 0 Å². The second-order valence-electron chi connectivity index (χ2n) is 3.82. The average Bonchev–Trinajstić information content (AvgIpc) is 2.76. The first kappa shape index (κ1) is 9.60. The van der Waals surface area contributed by atoms with Crippen LogP contribution in [0.25, 0.3) is 10.4 Å². The summed E-state index contributed by atoms with van der Waals surface area (Å²) in [4.78, 5) is 12.9. The molecule has 3 heteroatoms. The van der Waals surface area contributed by atoms with Gasteiger partial charge < -0.3 is 5.32 Å². The summed E-state index contributed by atoms with van der Waals surface area (Å²) in [7, 11) is 0. The Kier molecular flexibility index (Phi) is 2.26. The molecule has 0 bridgehead atoms. The normalized spacial score (nSPS) is 14.4. The Hall–Kier alpha value is -1.61. The van der Waals surface area contributed by atoms with Crippen molar-refractivity contribution in [3.63, 3.8) is 0 Å². The fourth-order valence-corrected chi connectivity index (χ4v) is 3.01. The van der Waals surface area contributed by atoms with E-state index in [0.29, 0.717) is 6.42 Å². The van der Waals surface area contributed by atoms with Gasteiger partial charge in [-0.2, -0.15) is 0 Å². The van der Waals surface area contributed by atoms with E-state index < -0.39 is 0 Å². The summed E-state index contributed by atoms with van der Waals surface area (Å²) in [5.74, 6) is 0.257. The van der Waals surface area contributed by atoms with Gasteiger partial charge in [0.15, 0.2) is 5.78 Å². The van der Waals surface area contributed by atoms with E-state index in [4.69, 9.17) is 0 Å². The van der Waals surface area contributed by atoms with Gasteiger partial charge in [-0.25, -0.2) is 0 Å². The van der Waals surface area contributed by atoms with Gasteiger partial charge in [-0.15, -0.1) is 11.3 Å². The number of benzene rings is 1. The lowest BCUT2D eigenvalue weighted by Crippen LogP contribution is -2.15. The molecule has 1 aromatic carbocycles. The molecule has 2 heterocycles. The number of anilines is 1. The van der Waals surface area contributed by atoms with Crippen LogP contribution in [0.5, 0.6) is 0 Å². The van der Waals surface area contributed by atoms with Crippen LogP contribution in [0.4, 0.5) is 5.00 Å². The van der Waals surface area contributed by atoms with Crippen molar-refractivity contribution in [3.05, 3.63) is 42.0 Å². The van der Waals surface area contributed by atoms with Crippen LogP contribution in [-0.4, -0.2) is 12.3 Å². The molecule has 3 rings (SSSR count). The van der Waals surface area contributed by atoms with Crippen molar-refractivity contribution in [2.45, 2.75) is 6.42 Å². The van der Waals surface area contributed by atoms with Crippen LogP contribution < -0.4 is 5.32 Å². The number of thiophene rings is 1. The van der Waals surface area contributed by atoms with E-state index in [9.17, 15) is 4.79 Å². The highest BCUT2D eigenvalue weighted by Crippen LogP contribution is 2.37. The summed E-state index contributed by atoms with van der Waals surface area (Å²) >= 11 is 1.66. The number of nitrogens with one attached hydrogen (secondary N) is 1. The molecule has 1 aliphatic rings. The van der Waals surface area contributed by atoms with Gasteiger partial charge in [-0.3, -0.25) is 4.79 Å². The fourth-order valence-electron chi connectivity index (χ4n) is 1.90. The first-order chi connectivity index (χ1) is 7.84. The molecule has 2 nitrogen and oxygen atoms in total. The number of Topliss-reactive ketones (excluding diaryl/α,β-unsaturated/α-hetero) is 1. The highest BCUT2D eigenvalue weighted by atomic mass is 32.1. The van der Waals surface area contributed by atoms with Crippen molar-refractivity contribution in [1.29, 1.82) is 0 Å². The summed E-state index contributed by atoms with van der Waals surface area (Å²) in [6, 6.07) is 12.2. The van der Waals surface area contributed by atoms with E-state index in [2.05, 4.69) is 17.4 Å². The van der Waals surface area contributed by atoms with Gasteiger partial charge in [0.2, 0.25) is 0 Å². The van der Waals surface area contributed by atoms with E-state index >= 15 is 0 Å². The van der Waals surface area contributed by atoms with Crippen molar-refractivity contribution >= 4 is 22.1 Å². The minimum Gasteiger partial charge on any atom is -0.376 e. The molecule has 2 aromatic rings. The van der Waals surface area contributed by atoms with Crippen LogP contribution >= 0.6 is 11.3 Å². The van der Waals surface area contributed by atoms with Gasteiger partial charge in [0, 0.05) is 17.8 Å². The Labute approximate surface area is 97.9 Å². The van der Waals surface area contributed by atoms with Crippen LogP contribution in [0.3, 0.4) is 0 Å². The maximum absolute atomic E-state index is 11.7. The topological polar surface area (TPSA) is 29.1 Å². The summed E-state index contributed by atoms with van der Waals surface area (Å²) in [5.41, 5.74) is 2.03. The van der Waals surface area contributed by atoms with E-state index in [1.165, 1.54) is 5.56 Å². The quantitative estimate of drug-likeness (QED) is 0.811. The van der Waals surface area contributed by atoms with E-state index in [0.717, 1.165) is 22.0 Å². The molecule has 0 amide bonds. The van der Waals surface area contributed by atoms with Gasteiger partial charge in [-0.1, -0.05) is 30.3 Å². The maximum atomic E-state index is 11.7. The third kappa shape index (κ3) is 1.53. The van der Waals surface area contributed by atoms with Gasteiger partial charge in [0.1, 0.15) is 0 Å². The zero-order valence-corrected chi connectivity index (χ0v) is 9.51. The van der Waals surface area contributed by atoms with Crippen LogP contribution in [-0.2, 0) is 0 Å². The predicted octanol–water partition coefficient (Wildman–Crippen LogP) is 3.41. The molecule has 1 aliphatic heterocycles. The highest BCUT2D eigenvalue weighted by molar-refractivity contribution is 7.19. The van der Waals surface area contributed by atoms with Crippen molar-refractivity contribution in [2.75, 3.05) is 11.9 Å². The average molecular weight is 229 g/mol. The molecule has 1 N–H and O–H groups in total. The Bertz CT molecular complexity index is 530. The molecule has 0 saturated heterocycles. The number of hydrogen-bond donors (Lipinski definition) is 1. The summed E-state index contributed by atoms with van der Waals surface area (Å²) in [6.45, 7) is 0.764. The summed E-state index contributed by atoms with van der Waals surface area (Å²) < 4.78 is 0. The molecule has 0 spiro atoms. The van der Waals surface area contributed by atoms with Crippen molar-refractivity contribution in [2.24, 2.45) is 0 Å². The molecule has 1 aromatic heterocycles. The standard InChI is InChI=1S/C13H11NOS/c15-11-6-7-14-13-10(11)8-12(16-13)9-4-2-1-3-5-9/h1-5,8,14H,6-7H2. The van der Waals surface area contributed by atoms with E-state index in [-0.39, 0.29) is 5.78 Å². The molecule has 0 unspecified atom stereocenters. The lowest BCUT2D eigenvalue weighted by molar-refractivity contribution is 0.0984. The molecule has 0 radical (unpaired) electrons. The zero-order valence-electron chi connectivity index (χ0n) is 8.69. The smallest absolute Gasteiger partial charge is 0.167 e. The van der Waals surface area contributed by atoms with E-state index in [1.54, 1.807) is 11.3 Å². The van der Waals surface area contributed by atoms with Crippen LogP contribution in [0.15, 0.2) is 36.4 Å². The minimum atomic E-state index is 0.257. The number of rotatable bonds is 1. The number of carbonyl (C=O) groups is 1. The molecular weight excluding hydrogens is 218 g/mol. The second-order valence-corrected chi connectivity index (χ2v) is 4.87. The lowest BCUT2D eigenvalue weighted by Gasteiger charge is -2.10. The maximum Gasteiger partial charge on any atom is 0.167 e. The molecule has 0 atom stereocenters. The Balaban J connectivity index is 2.08. The van der Waals surface area contributed by atoms with Gasteiger partial charge in [-0.05, 0) is 11.6 Å². The van der Waals surface area contributed by atoms with Crippen LogP contribution in [0, 0.1) is 0 Å². The zero-order chi connectivity index (χ0) is 11.0. The third-order valence-corrected chi connectivity index (χ3v) is 3.87. The van der Waals surface area contributed by atoms with Crippen molar-refractivity contribution in [3.8, 4) is 10.4 Å². The Morgan fingerprint density at radius 2 is 2.00 bits per heavy atom. The van der Waals surface area contributed by atoms with Crippen LogP contribution in [0.1, 0.15) is 16.8 Å². The minimum absolute atomic E-state index is 0.257. The third-order valence-electron chi connectivity index (χ3n) is 2.73. The van der Waals surface area contributed by atoms with E-state index in [1.807, 2.05) is 24.3 Å². The number of carbonyl (C=O) groups excluding carboxylic acids is 1. The second kappa shape index (κ2) is 3.76. The molecule has 80 valence electrons. The fraction of sp³-hybridized carbons (Fsp3) is 0.154. The number of hydrogen-bond acceptors (Lipinski definition) is 3. The molecular formula is C13H11NOS. The first-order valence-electron chi connectivity index (χ1n) is 5.31. The largest absolute Gasteiger partial charge is 0.376 e. The SMILES string of the molecule is O=C1CCNc2sc(-c3ccccc3)cc21. The monoisotopic (exact) mass is 229 g/mol. The number of ketones is 1. The predicted molar refractivity (Wildman–Crippen MR) is 67.2 cm³/mol. The molecule has 0 aliphatic carbocycles. The lowest BCUT2D eigenvalue weighted by atomic mass is 10.1. The Morgan fingerprint density at radius 3 is 2.75 bits per heavy atom. The Morgan fingerprint density at radius 1 is 1.19 bits per heavy atom. The van der Waals surface area contributed by atoms with Gasteiger partial charge in [0.25, 0.3) is 0 Å². The molecule has 0 fully saturated rings. The number of fused-ring (bicyclic) bond motifs is 1. The van der Waals surface area contributed by atoms with Gasteiger partial charge >= 0.3 is 0 Å². The summed E-state index contributed by atoms with van der Waals surface area (Å²) in [6.07, 6.45) is 0.609. The highest BCUT2D eigenvalue weighted by Gasteiger charge is 2.20. The molecule has 16 heavy (non-hydrogen) atoms. The van der Waals surface area contributed by atoms with Gasteiger partial charge in [0.05, 0.1) is 10.6 Å². The summed E-state index contributed by atoms with van der Waals surface area (Å²) in [5, 5.41) is 4.30. The van der Waals surface area contributed by atoms with Crippen molar-refractivity contribution < 1.29 is 4.79 Å². The van der Waals surface area contributed by atoms with Crippen molar-refractivity contribution in [1.82, 2.24) is 0 Å². The molecule has 0 saturated carbocycles.